The molecule has 1 aromatic heterocycles. The van der Waals surface area contributed by atoms with Crippen molar-refractivity contribution in [2.45, 2.75) is 31.5 Å². The second kappa shape index (κ2) is 4.07. The fourth-order valence-corrected chi connectivity index (χ4v) is 2.60. The summed E-state index contributed by atoms with van der Waals surface area (Å²) in [5.41, 5.74) is 0.713. The lowest BCUT2D eigenvalue weighted by Crippen LogP contribution is -2.25. The summed E-state index contributed by atoms with van der Waals surface area (Å²) in [4.78, 5) is 16.3. The maximum absolute atomic E-state index is 11.9. The van der Waals surface area contributed by atoms with E-state index in [1.165, 1.54) is 0 Å². The zero-order valence-electron chi connectivity index (χ0n) is 8.49. The molecule has 2 rings (SSSR count). The Hall–Kier alpha value is -1.28. The number of nitriles is 1. The van der Waals surface area contributed by atoms with Gasteiger partial charge in [-0.25, -0.2) is 4.98 Å². The number of aromatic nitrogens is 2. The van der Waals surface area contributed by atoms with Crippen LogP contribution in [0.15, 0.2) is 9.95 Å². The molecule has 15 heavy (non-hydrogen) atoms. The SMILES string of the molecule is CCCc1nc2n(c(=O)c1C#N)CCS2. The Labute approximate surface area is 91.9 Å². The van der Waals surface area contributed by atoms with Gasteiger partial charge in [0, 0.05) is 12.3 Å². The van der Waals surface area contributed by atoms with E-state index in [0.29, 0.717) is 18.7 Å². The maximum Gasteiger partial charge on any atom is 0.272 e. The van der Waals surface area contributed by atoms with Gasteiger partial charge in [0.05, 0.1) is 5.69 Å². The van der Waals surface area contributed by atoms with Crippen LogP contribution in [0.5, 0.6) is 0 Å². The maximum atomic E-state index is 11.9. The fraction of sp³-hybridized carbons (Fsp3) is 0.500. The minimum Gasteiger partial charge on any atom is -0.286 e. The smallest absolute Gasteiger partial charge is 0.272 e. The molecule has 2 heterocycles. The van der Waals surface area contributed by atoms with Gasteiger partial charge in [0.2, 0.25) is 0 Å². The zero-order chi connectivity index (χ0) is 10.8. The Morgan fingerprint density at radius 1 is 1.67 bits per heavy atom. The molecule has 0 fully saturated rings. The normalized spacial score (nSPS) is 13.6. The second-order valence-corrected chi connectivity index (χ2v) is 4.45. The molecule has 0 bridgehead atoms. The van der Waals surface area contributed by atoms with Crippen LogP contribution >= 0.6 is 11.8 Å². The van der Waals surface area contributed by atoms with E-state index in [4.69, 9.17) is 5.26 Å². The highest BCUT2D eigenvalue weighted by Gasteiger charge is 2.19. The van der Waals surface area contributed by atoms with E-state index < -0.39 is 0 Å². The van der Waals surface area contributed by atoms with Crippen LogP contribution in [0.2, 0.25) is 0 Å². The molecule has 0 amide bonds. The number of hydrogen-bond donors (Lipinski definition) is 0. The van der Waals surface area contributed by atoms with Gasteiger partial charge < -0.3 is 0 Å². The summed E-state index contributed by atoms with van der Waals surface area (Å²) in [5.74, 6) is 0.878. The van der Waals surface area contributed by atoms with Crippen molar-refractivity contribution in [1.29, 1.82) is 5.26 Å². The first kappa shape index (κ1) is 10.2. The van der Waals surface area contributed by atoms with E-state index in [1.807, 2.05) is 13.0 Å². The van der Waals surface area contributed by atoms with E-state index in [0.717, 1.165) is 17.3 Å². The number of thioether (sulfide) groups is 1. The molecule has 0 aromatic carbocycles. The van der Waals surface area contributed by atoms with Gasteiger partial charge >= 0.3 is 0 Å². The van der Waals surface area contributed by atoms with Crippen LogP contribution in [0.1, 0.15) is 24.6 Å². The first-order valence-electron chi connectivity index (χ1n) is 4.94. The summed E-state index contributed by atoms with van der Waals surface area (Å²) in [6.07, 6.45) is 1.60. The Balaban J connectivity index is 2.63. The summed E-state index contributed by atoms with van der Waals surface area (Å²) >= 11 is 1.58. The molecule has 0 radical (unpaired) electrons. The van der Waals surface area contributed by atoms with Crippen molar-refractivity contribution in [3.8, 4) is 6.07 Å². The van der Waals surface area contributed by atoms with Crippen molar-refractivity contribution in [2.75, 3.05) is 5.75 Å². The predicted octanol–water partition coefficient (Wildman–Crippen LogP) is 1.17. The van der Waals surface area contributed by atoms with Gasteiger partial charge in [0.1, 0.15) is 11.6 Å². The third kappa shape index (κ3) is 1.65. The van der Waals surface area contributed by atoms with Crippen LogP contribution in [0, 0.1) is 11.3 Å². The molecule has 1 aliphatic heterocycles. The molecule has 4 nitrogen and oxygen atoms in total. The molecular formula is C10H11N3OS. The van der Waals surface area contributed by atoms with Gasteiger partial charge in [-0.05, 0) is 6.42 Å². The number of hydrogen-bond acceptors (Lipinski definition) is 4. The molecule has 1 aromatic rings. The molecule has 0 atom stereocenters. The molecule has 78 valence electrons. The highest BCUT2D eigenvalue weighted by atomic mass is 32.2. The average Bonchev–Trinajstić information content (AvgIpc) is 2.67. The summed E-state index contributed by atoms with van der Waals surface area (Å²) in [6, 6.07) is 1.97. The highest BCUT2D eigenvalue weighted by Crippen LogP contribution is 2.22. The van der Waals surface area contributed by atoms with Crippen LogP contribution in [0.3, 0.4) is 0 Å². The van der Waals surface area contributed by atoms with Crippen molar-refractivity contribution in [1.82, 2.24) is 9.55 Å². The Morgan fingerprint density at radius 2 is 2.47 bits per heavy atom. The summed E-state index contributed by atoms with van der Waals surface area (Å²) in [6.45, 7) is 2.69. The Bertz CT molecular complexity index is 487. The van der Waals surface area contributed by atoms with Crippen LogP contribution in [-0.2, 0) is 13.0 Å². The Morgan fingerprint density at radius 3 is 3.13 bits per heavy atom. The Kier molecular flexibility index (Phi) is 2.78. The number of fused-ring (bicyclic) bond motifs is 1. The van der Waals surface area contributed by atoms with Crippen LogP contribution in [0.25, 0.3) is 0 Å². The monoisotopic (exact) mass is 221 g/mol. The molecule has 5 heteroatoms. The average molecular weight is 221 g/mol. The molecule has 0 saturated carbocycles. The lowest BCUT2D eigenvalue weighted by molar-refractivity contribution is 0.637. The van der Waals surface area contributed by atoms with Gasteiger partial charge in [-0.1, -0.05) is 25.1 Å². The van der Waals surface area contributed by atoms with E-state index in [1.54, 1.807) is 16.3 Å². The second-order valence-electron chi connectivity index (χ2n) is 3.38. The lowest BCUT2D eigenvalue weighted by atomic mass is 10.1. The molecule has 0 spiro atoms. The first-order chi connectivity index (χ1) is 7.27. The minimum absolute atomic E-state index is 0.170. The van der Waals surface area contributed by atoms with Gasteiger partial charge in [0.25, 0.3) is 5.56 Å². The van der Waals surface area contributed by atoms with Crippen LogP contribution < -0.4 is 5.56 Å². The first-order valence-corrected chi connectivity index (χ1v) is 5.93. The molecule has 0 unspecified atom stereocenters. The number of aryl methyl sites for hydroxylation is 1. The van der Waals surface area contributed by atoms with Gasteiger partial charge in [-0.15, -0.1) is 0 Å². The molecule has 0 N–H and O–H groups in total. The van der Waals surface area contributed by atoms with Gasteiger partial charge in [-0.2, -0.15) is 5.26 Å². The summed E-state index contributed by atoms with van der Waals surface area (Å²) < 4.78 is 1.60. The topological polar surface area (TPSA) is 58.7 Å². The van der Waals surface area contributed by atoms with Crippen LogP contribution in [0.4, 0.5) is 0 Å². The van der Waals surface area contributed by atoms with E-state index in [9.17, 15) is 4.79 Å². The van der Waals surface area contributed by atoms with Crippen molar-refractivity contribution in [2.24, 2.45) is 0 Å². The van der Waals surface area contributed by atoms with Gasteiger partial charge in [0.15, 0.2) is 5.16 Å². The zero-order valence-corrected chi connectivity index (χ0v) is 9.30. The third-order valence-electron chi connectivity index (χ3n) is 2.35. The van der Waals surface area contributed by atoms with Crippen LogP contribution in [-0.4, -0.2) is 15.3 Å². The standard InChI is InChI=1S/C10H11N3OS/c1-2-3-8-7(6-11)9(14)13-4-5-15-10(13)12-8/h2-5H2,1H3. The van der Waals surface area contributed by atoms with E-state index in [2.05, 4.69) is 4.98 Å². The van der Waals surface area contributed by atoms with Crippen molar-refractivity contribution < 1.29 is 0 Å². The predicted molar refractivity (Wildman–Crippen MR) is 57.9 cm³/mol. The quantitative estimate of drug-likeness (QED) is 0.703. The number of nitrogens with zero attached hydrogens (tertiary/aromatic N) is 3. The molecule has 0 aliphatic carbocycles. The summed E-state index contributed by atoms with van der Waals surface area (Å²) in [5, 5.41) is 9.71. The van der Waals surface area contributed by atoms with E-state index >= 15 is 0 Å². The lowest BCUT2D eigenvalue weighted by Gasteiger charge is -2.05. The minimum atomic E-state index is -0.170. The molecule has 1 aliphatic rings. The van der Waals surface area contributed by atoms with Crippen molar-refractivity contribution in [3.63, 3.8) is 0 Å². The molecular weight excluding hydrogens is 210 g/mol. The molecule has 0 saturated heterocycles. The van der Waals surface area contributed by atoms with Crippen molar-refractivity contribution in [3.05, 3.63) is 21.6 Å². The fourth-order valence-electron chi connectivity index (χ4n) is 1.64. The van der Waals surface area contributed by atoms with E-state index in [-0.39, 0.29) is 11.1 Å². The largest absolute Gasteiger partial charge is 0.286 e. The van der Waals surface area contributed by atoms with Crippen molar-refractivity contribution >= 4 is 11.8 Å². The number of rotatable bonds is 2. The highest BCUT2D eigenvalue weighted by molar-refractivity contribution is 7.99. The van der Waals surface area contributed by atoms with Gasteiger partial charge in [-0.3, -0.25) is 9.36 Å². The summed E-state index contributed by atoms with van der Waals surface area (Å²) in [7, 11) is 0. The third-order valence-corrected chi connectivity index (χ3v) is 3.31.